The van der Waals surface area contributed by atoms with Crippen LogP contribution in [-0.2, 0) is 28.2 Å². The highest BCUT2D eigenvalue weighted by Crippen LogP contribution is 2.37. The topological polar surface area (TPSA) is 81.6 Å². The van der Waals surface area contributed by atoms with Gasteiger partial charge in [0.25, 0.3) is 5.91 Å². The first kappa shape index (κ1) is 25.3. The third-order valence-electron chi connectivity index (χ3n) is 6.69. The van der Waals surface area contributed by atoms with Gasteiger partial charge >= 0.3 is 12.1 Å². The first-order valence-corrected chi connectivity index (χ1v) is 11.7. The molecule has 1 aromatic heterocycles. The van der Waals surface area contributed by atoms with Crippen molar-refractivity contribution in [2.45, 2.75) is 11.7 Å². The predicted molar refractivity (Wildman–Crippen MR) is 135 cm³/mol. The minimum Gasteiger partial charge on any atom is -0.465 e. The van der Waals surface area contributed by atoms with Crippen LogP contribution < -0.4 is 10.6 Å². The first-order valence-electron chi connectivity index (χ1n) is 11.7. The summed E-state index contributed by atoms with van der Waals surface area (Å²) in [6.45, 7) is 0.438. The Morgan fingerprint density at radius 3 is 2.34 bits per heavy atom. The zero-order chi connectivity index (χ0) is 27.1. The summed E-state index contributed by atoms with van der Waals surface area (Å²) in [5, 5.41) is 6.80. The fourth-order valence-corrected chi connectivity index (χ4v) is 4.64. The quantitative estimate of drug-likeness (QED) is 0.332. The van der Waals surface area contributed by atoms with Gasteiger partial charge < -0.3 is 24.7 Å². The Bertz CT molecular complexity index is 1520. The van der Waals surface area contributed by atoms with Gasteiger partial charge in [0.1, 0.15) is 11.2 Å². The largest absolute Gasteiger partial charge is 0.465 e. The van der Waals surface area contributed by atoms with E-state index in [4.69, 9.17) is 9.47 Å². The SMILES string of the molecule is COC(=O)c1ccc(C2(NC(=O)c3c(Nc4cccc(C(F)(F)F)c4)c4ccccc4n3C)COC2)cc1. The molecule has 10 heteroatoms. The molecule has 2 N–H and O–H groups in total. The van der Waals surface area contributed by atoms with Crippen molar-refractivity contribution in [2.75, 3.05) is 25.6 Å². The lowest BCUT2D eigenvalue weighted by Crippen LogP contribution is -2.59. The van der Waals surface area contributed by atoms with Crippen molar-refractivity contribution in [1.82, 2.24) is 9.88 Å². The molecule has 1 amide bonds. The second kappa shape index (κ2) is 9.53. The van der Waals surface area contributed by atoms with Gasteiger partial charge in [0.15, 0.2) is 0 Å². The van der Waals surface area contributed by atoms with Crippen molar-refractivity contribution >= 4 is 34.2 Å². The van der Waals surface area contributed by atoms with E-state index in [0.29, 0.717) is 16.6 Å². The highest BCUT2D eigenvalue weighted by molar-refractivity contribution is 6.10. The van der Waals surface area contributed by atoms with Crippen LogP contribution in [0.15, 0.2) is 72.8 Å². The molecule has 196 valence electrons. The van der Waals surface area contributed by atoms with E-state index in [1.807, 2.05) is 12.1 Å². The number of para-hydroxylation sites is 1. The molecule has 0 radical (unpaired) electrons. The standard InChI is InChI=1S/C28H24F3N3O4/c1-34-22-9-4-3-8-21(22)23(32-20-7-5-6-19(14-20)28(29,30)31)24(34)25(35)33-27(15-38-16-27)18-12-10-17(11-13-18)26(36)37-2/h3-14,32H,15-16H2,1-2H3,(H,33,35). The Morgan fingerprint density at radius 1 is 1.00 bits per heavy atom. The van der Waals surface area contributed by atoms with Gasteiger partial charge in [-0.3, -0.25) is 4.79 Å². The first-order chi connectivity index (χ1) is 18.1. The molecule has 1 saturated heterocycles. The number of benzene rings is 3. The third-order valence-corrected chi connectivity index (χ3v) is 6.69. The highest BCUT2D eigenvalue weighted by atomic mass is 19.4. The second-order valence-electron chi connectivity index (χ2n) is 9.10. The number of rotatable bonds is 6. The zero-order valence-electron chi connectivity index (χ0n) is 20.6. The van der Waals surface area contributed by atoms with Crippen molar-refractivity contribution in [1.29, 1.82) is 0 Å². The summed E-state index contributed by atoms with van der Waals surface area (Å²) in [5.74, 6) is -0.904. The number of amides is 1. The summed E-state index contributed by atoms with van der Waals surface area (Å²) < 4.78 is 51.9. The normalized spacial score (nSPS) is 14.6. The molecule has 0 aliphatic carbocycles. The van der Waals surface area contributed by atoms with E-state index in [1.54, 1.807) is 48.0 Å². The molecule has 0 spiro atoms. The maximum atomic E-state index is 13.8. The molecule has 0 saturated carbocycles. The number of halogens is 3. The Labute approximate surface area is 216 Å². The average Bonchev–Trinajstić information content (AvgIpc) is 3.17. The van der Waals surface area contributed by atoms with Crippen LogP contribution in [0, 0.1) is 0 Å². The molecular weight excluding hydrogens is 499 g/mol. The number of aryl methyl sites for hydroxylation is 1. The van der Waals surface area contributed by atoms with Gasteiger partial charge in [0.05, 0.1) is 42.7 Å². The van der Waals surface area contributed by atoms with E-state index in [-0.39, 0.29) is 24.6 Å². The smallest absolute Gasteiger partial charge is 0.416 e. The molecule has 38 heavy (non-hydrogen) atoms. The summed E-state index contributed by atoms with van der Waals surface area (Å²) in [6, 6.07) is 18.8. The van der Waals surface area contributed by atoms with Gasteiger partial charge in [0, 0.05) is 18.1 Å². The fraction of sp³-hybridized carbons (Fsp3) is 0.214. The van der Waals surface area contributed by atoms with Crippen molar-refractivity contribution < 1.29 is 32.2 Å². The average molecular weight is 524 g/mol. The minimum absolute atomic E-state index is 0.199. The van der Waals surface area contributed by atoms with E-state index < -0.39 is 29.2 Å². The molecule has 0 bridgehead atoms. The van der Waals surface area contributed by atoms with Crippen LogP contribution in [0.3, 0.4) is 0 Å². The molecule has 4 aromatic rings. The van der Waals surface area contributed by atoms with E-state index in [9.17, 15) is 22.8 Å². The number of aromatic nitrogens is 1. The van der Waals surface area contributed by atoms with Crippen LogP contribution in [0.2, 0.25) is 0 Å². The highest BCUT2D eigenvalue weighted by Gasteiger charge is 2.43. The molecule has 2 heterocycles. The molecule has 7 nitrogen and oxygen atoms in total. The minimum atomic E-state index is -4.50. The van der Waals surface area contributed by atoms with Crippen LogP contribution in [0.1, 0.15) is 32.0 Å². The van der Waals surface area contributed by atoms with Crippen molar-refractivity contribution in [3.05, 3.63) is 95.2 Å². The summed E-state index contributed by atoms with van der Waals surface area (Å²) in [6.07, 6.45) is -4.50. The van der Waals surface area contributed by atoms with Crippen LogP contribution in [-0.4, -0.2) is 36.8 Å². The van der Waals surface area contributed by atoms with Gasteiger partial charge in [-0.15, -0.1) is 0 Å². The molecule has 1 aliphatic rings. The van der Waals surface area contributed by atoms with Gasteiger partial charge in [-0.2, -0.15) is 13.2 Å². The lowest BCUT2D eigenvalue weighted by molar-refractivity contribution is -0.137. The second-order valence-corrected chi connectivity index (χ2v) is 9.10. The lowest BCUT2D eigenvalue weighted by atomic mass is 9.87. The lowest BCUT2D eigenvalue weighted by Gasteiger charge is -2.42. The summed E-state index contributed by atoms with van der Waals surface area (Å²) in [5.41, 5.74) is 1.05. The number of nitrogens with zero attached hydrogens (tertiary/aromatic N) is 1. The van der Waals surface area contributed by atoms with Gasteiger partial charge in [-0.25, -0.2) is 4.79 Å². The molecular formula is C28H24F3N3O4. The van der Waals surface area contributed by atoms with Crippen LogP contribution in [0.25, 0.3) is 10.9 Å². The number of anilines is 2. The molecule has 5 rings (SSSR count). The maximum Gasteiger partial charge on any atom is 0.416 e. The van der Waals surface area contributed by atoms with E-state index in [2.05, 4.69) is 10.6 Å². The van der Waals surface area contributed by atoms with Crippen molar-refractivity contribution in [2.24, 2.45) is 7.05 Å². The Hall–Kier alpha value is -4.31. The van der Waals surface area contributed by atoms with Crippen LogP contribution >= 0.6 is 0 Å². The number of alkyl halides is 3. The third kappa shape index (κ3) is 4.47. The van der Waals surface area contributed by atoms with E-state index in [1.165, 1.54) is 19.2 Å². The number of carbonyl (C=O) groups excluding carboxylic acids is 2. The molecule has 0 atom stereocenters. The monoisotopic (exact) mass is 523 g/mol. The fourth-order valence-electron chi connectivity index (χ4n) is 4.64. The predicted octanol–water partition coefficient (Wildman–Crippen LogP) is 5.38. The molecule has 1 fully saturated rings. The number of esters is 1. The number of nitrogens with one attached hydrogen (secondary N) is 2. The van der Waals surface area contributed by atoms with Gasteiger partial charge in [-0.05, 0) is 42.0 Å². The maximum absolute atomic E-state index is 13.8. The summed E-state index contributed by atoms with van der Waals surface area (Å²) in [7, 11) is 3.02. The van der Waals surface area contributed by atoms with Gasteiger partial charge in [0.2, 0.25) is 0 Å². The van der Waals surface area contributed by atoms with Crippen molar-refractivity contribution in [3.63, 3.8) is 0 Å². The number of methoxy groups -OCH3 is 1. The van der Waals surface area contributed by atoms with Gasteiger partial charge in [-0.1, -0.05) is 36.4 Å². The van der Waals surface area contributed by atoms with Crippen LogP contribution in [0.4, 0.5) is 24.5 Å². The van der Waals surface area contributed by atoms with Crippen LogP contribution in [0.5, 0.6) is 0 Å². The molecule has 1 aliphatic heterocycles. The molecule has 0 unspecified atom stereocenters. The van der Waals surface area contributed by atoms with E-state index in [0.717, 1.165) is 23.2 Å². The van der Waals surface area contributed by atoms with Crippen molar-refractivity contribution in [3.8, 4) is 0 Å². The number of fused-ring (bicyclic) bond motifs is 1. The molecule has 3 aromatic carbocycles. The Kier molecular flexibility index (Phi) is 6.36. The Morgan fingerprint density at radius 2 is 1.71 bits per heavy atom. The Balaban J connectivity index is 1.52. The summed E-state index contributed by atoms with van der Waals surface area (Å²) in [4.78, 5) is 25.6. The number of carbonyl (C=O) groups is 2. The zero-order valence-corrected chi connectivity index (χ0v) is 20.6. The van der Waals surface area contributed by atoms with E-state index >= 15 is 0 Å². The number of hydrogen-bond acceptors (Lipinski definition) is 5. The summed E-state index contributed by atoms with van der Waals surface area (Å²) >= 11 is 0. The number of hydrogen-bond donors (Lipinski definition) is 2. The number of ether oxygens (including phenoxy) is 2.